The number of benzene rings is 1. The van der Waals surface area contributed by atoms with E-state index in [0.717, 1.165) is 0 Å². The Balaban J connectivity index is 0.00000121. The number of hydrogen-bond acceptors (Lipinski definition) is 2. The van der Waals surface area contributed by atoms with Crippen molar-refractivity contribution >= 4 is 5.97 Å². The molecule has 0 amide bonds. The zero-order chi connectivity index (χ0) is 8.27. The molecule has 1 N–H and O–H groups in total. The van der Waals surface area contributed by atoms with Crippen molar-refractivity contribution in [1.82, 2.24) is 0 Å². The number of carboxylic acids is 1. The molecule has 0 aliphatic heterocycles. The molecule has 3 nitrogen and oxygen atoms in total. The molecule has 0 aromatic heterocycles. The van der Waals surface area contributed by atoms with E-state index in [1.165, 1.54) is 18.2 Å². The maximum absolute atomic E-state index is 10.3. The van der Waals surface area contributed by atoms with Gasteiger partial charge in [0.1, 0.15) is 0 Å². The van der Waals surface area contributed by atoms with Gasteiger partial charge in [0.25, 0.3) is 0 Å². The Morgan fingerprint density at radius 1 is 1.67 bits per heavy atom. The van der Waals surface area contributed by atoms with E-state index in [1.54, 1.807) is 6.07 Å². The van der Waals surface area contributed by atoms with Crippen molar-refractivity contribution in [2.45, 2.75) is 0 Å². The fraction of sp³-hybridized carbons (Fsp3) is 0. The zero-order valence-corrected chi connectivity index (χ0v) is 8.63. The zero-order valence-electron chi connectivity index (χ0n) is 5.91. The van der Waals surface area contributed by atoms with Crippen LogP contribution >= 0.6 is 0 Å². The molecule has 0 unspecified atom stereocenters. The summed E-state index contributed by atoms with van der Waals surface area (Å²) in [6.45, 7) is 0. The van der Waals surface area contributed by atoms with Crippen LogP contribution in [-0.2, 0) is 20.4 Å². The normalized spacial score (nSPS) is 7.92. The van der Waals surface area contributed by atoms with Crippen LogP contribution in [0.3, 0.4) is 0 Å². The van der Waals surface area contributed by atoms with Gasteiger partial charge in [-0.3, -0.25) is 5.26 Å². The summed E-state index contributed by atoms with van der Waals surface area (Å²) in [5, 5.41) is 16.9. The Hall–Kier alpha value is -1.16. The van der Waals surface area contributed by atoms with Crippen LogP contribution in [0.25, 0.3) is 0 Å². The summed E-state index contributed by atoms with van der Waals surface area (Å²) in [7, 11) is 0. The second-order valence-corrected chi connectivity index (χ2v) is 1.91. The maximum Gasteiger partial charge on any atom is 0.317 e. The summed E-state index contributed by atoms with van der Waals surface area (Å²) in [5.41, 5.74) is 0.352. The average molecular weight is 332 g/mol. The van der Waals surface area contributed by atoms with Crippen molar-refractivity contribution in [2.75, 3.05) is 0 Å². The number of carbonyl (C=O) groups is 1. The van der Waals surface area contributed by atoms with Gasteiger partial charge in [0, 0.05) is 20.4 Å². The van der Waals surface area contributed by atoms with Crippen LogP contribution in [0.5, 0.6) is 0 Å². The molecule has 1 aromatic carbocycles. The summed E-state index contributed by atoms with van der Waals surface area (Å²) in [6, 6.07) is 8.48. The van der Waals surface area contributed by atoms with Gasteiger partial charge in [-0.2, -0.15) is 0 Å². The third kappa shape index (κ3) is 2.47. The van der Waals surface area contributed by atoms with Crippen molar-refractivity contribution in [3.8, 4) is 6.07 Å². The Morgan fingerprint density at radius 3 is 2.83 bits per heavy atom. The predicted molar refractivity (Wildman–Crippen MR) is 37.0 cm³/mol. The van der Waals surface area contributed by atoms with Gasteiger partial charge in [0.05, 0.1) is 0 Å². The minimum atomic E-state index is -1.03. The van der Waals surface area contributed by atoms with E-state index < -0.39 is 5.97 Å². The van der Waals surface area contributed by atoms with E-state index in [0.29, 0.717) is 0 Å². The first-order valence-corrected chi connectivity index (χ1v) is 2.89. The van der Waals surface area contributed by atoms with E-state index in [4.69, 9.17) is 10.4 Å². The smallest absolute Gasteiger partial charge is 0.317 e. The third-order valence-corrected chi connectivity index (χ3v) is 1.17. The summed E-state index contributed by atoms with van der Waals surface area (Å²) < 4.78 is 0. The standard InChI is InChI=1S/C8H4NO2.Re/c9-5-6-2-1-3-7(4-6)8(10)11;/h1,3-4H,(H,10,11);/q-1;. The first-order valence-electron chi connectivity index (χ1n) is 2.89. The Labute approximate surface area is 83.3 Å². The summed E-state index contributed by atoms with van der Waals surface area (Å²) in [6.07, 6.45) is 0. The minimum Gasteiger partial charge on any atom is -0.479 e. The monoisotopic (exact) mass is 333 g/mol. The molecule has 1 rings (SSSR count). The number of rotatable bonds is 1. The van der Waals surface area contributed by atoms with Crippen molar-refractivity contribution in [2.24, 2.45) is 0 Å². The summed E-state index contributed by atoms with van der Waals surface area (Å²) in [4.78, 5) is 10.3. The summed E-state index contributed by atoms with van der Waals surface area (Å²) in [5.74, 6) is -1.03. The molecule has 0 saturated carbocycles. The largest absolute Gasteiger partial charge is 0.479 e. The fourth-order valence-electron chi connectivity index (χ4n) is 0.664. The maximum atomic E-state index is 10.3. The van der Waals surface area contributed by atoms with Crippen LogP contribution < -0.4 is 0 Å². The van der Waals surface area contributed by atoms with Gasteiger partial charge in [-0.05, 0) is 11.6 Å². The fourth-order valence-corrected chi connectivity index (χ4v) is 0.664. The van der Waals surface area contributed by atoms with Crippen molar-refractivity contribution in [3.63, 3.8) is 0 Å². The molecule has 0 aliphatic rings. The molecule has 0 aliphatic carbocycles. The van der Waals surface area contributed by atoms with Crippen LogP contribution in [0, 0.1) is 17.4 Å². The number of aromatic carboxylic acids is 1. The Kier molecular flexibility index (Phi) is 4.22. The molecule has 0 heterocycles. The average Bonchev–Trinajstić information content (AvgIpc) is 2.05. The quantitative estimate of drug-likeness (QED) is 0.782. The van der Waals surface area contributed by atoms with E-state index in [-0.39, 0.29) is 31.5 Å². The molecule has 0 bridgehead atoms. The van der Waals surface area contributed by atoms with Gasteiger partial charge in [-0.25, -0.2) is 4.79 Å². The predicted octanol–water partition coefficient (Wildman–Crippen LogP) is 1.05. The SMILES string of the molecule is N#Cc1[c-]ccc(C(=O)O)c1.[Re]. The molecule has 0 saturated heterocycles. The van der Waals surface area contributed by atoms with Gasteiger partial charge < -0.3 is 5.11 Å². The molecule has 61 valence electrons. The molecule has 1 radical (unpaired) electrons. The van der Waals surface area contributed by atoms with Crippen LogP contribution in [0.4, 0.5) is 0 Å². The van der Waals surface area contributed by atoms with Crippen molar-refractivity contribution < 1.29 is 30.3 Å². The molecular weight excluding hydrogens is 328 g/mol. The van der Waals surface area contributed by atoms with Crippen LogP contribution in [0.15, 0.2) is 18.2 Å². The van der Waals surface area contributed by atoms with E-state index in [2.05, 4.69) is 6.07 Å². The van der Waals surface area contributed by atoms with E-state index >= 15 is 0 Å². The number of hydrogen-bond donors (Lipinski definition) is 1. The van der Waals surface area contributed by atoms with Crippen LogP contribution in [0.1, 0.15) is 15.9 Å². The first kappa shape index (κ1) is 10.8. The number of nitriles is 1. The Bertz CT molecular complexity index is 330. The van der Waals surface area contributed by atoms with E-state index in [1.807, 2.05) is 0 Å². The first-order chi connectivity index (χ1) is 5.24. The summed E-state index contributed by atoms with van der Waals surface area (Å²) >= 11 is 0. The molecular formula is C8H4NO2Re-. The number of carboxylic acid groups (broad SMARTS) is 1. The molecule has 1 aromatic rings. The topological polar surface area (TPSA) is 61.1 Å². The van der Waals surface area contributed by atoms with Gasteiger partial charge in [0.2, 0.25) is 0 Å². The third-order valence-electron chi connectivity index (χ3n) is 1.17. The minimum absolute atomic E-state index is 0. The molecule has 0 fully saturated rings. The van der Waals surface area contributed by atoms with Crippen molar-refractivity contribution in [3.05, 3.63) is 35.4 Å². The second kappa shape index (κ2) is 4.67. The van der Waals surface area contributed by atoms with E-state index in [9.17, 15) is 4.79 Å². The molecule has 12 heavy (non-hydrogen) atoms. The van der Waals surface area contributed by atoms with Gasteiger partial charge >= 0.3 is 5.97 Å². The van der Waals surface area contributed by atoms with Crippen LogP contribution in [-0.4, -0.2) is 11.1 Å². The molecule has 0 atom stereocenters. The van der Waals surface area contributed by atoms with Crippen LogP contribution in [0.2, 0.25) is 0 Å². The van der Waals surface area contributed by atoms with Crippen molar-refractivity contribution in [1.29, 1.82) is 5.26 Å². The second-order valence-electron chi connectivity index (χ2n) is 1.91. The molecule has 0 spiro atoms. The molecule has 4 heteroatoms. The number of nitrogens with zero attached hydrogens (tertiary/aromatic N) is 1. The Morgan fingerprint density at radius 2 is 2.33 bits per heavy atom. The van der Waals surface area contributed by atoms with Gasteiger partial charge in [-0.15, -0.1) is 24.3 Å². The van der Waals surface area contributed by atoms with Gasteiger partial charge in [0.15, 0.2) is 0 Å². The van der Waals surface area contributed by atoms with Gasteiger partial charge in [-0.1, -0.05) is 5.56 Å².